The van der Waals surface area contributed by atoms with Crippen molar-refractivity contribution in [3.8, 4) is 11.1 Å². The molecule has 6 rings (SSSR count). The van der Waals surface area contributed by atoms with Gasteiger partial charge in [-0.3, -0.25) is 9.59 Å². The molecular formula is C41H40F5N3O3S. The second-order valence-corrected chi connectivity index (χ2v) is 12.9. The van der Waals surface area contributed by atoms with Gasteiger partial charge in [0.15, 0.2) is 17.1 Å². The fourth-order valence-electron chi connectivity index (χ4n) is 5.84. The van der Waals surface area contributed by atoms with Gasteiger partial charge in [0, 0.05) is 67.4 Å². The van der Waals surface area contributed by atoms with Gasteiger partial charge >= 0.3 is 6.18 Å². The summed E-state index contributed by atoms with van der Waals surface area (Å²) in [5.41, 5.74) is -6.03. The highest BCUT2D eigenvalue weighted by Gasteiger charge is 2.31. The quantitative estimate of drug-likeness (QED) is 0.0941. The molecule has 53 heavy (non-hydrogen) atoms. The summed E-state index contributed by atoms with van der Waals surface area (Å²) in [6.45, 7) is -6.14. The monoisotopic (exact) mass is 762 g/mol. The first-order valence-corrected chi connectivity index (χ1v) is 17.1. The third-order valence-electron chi connectivity index (χ3n) is 8.59. The molecule has 1 aromatic heterocycles. The summed E-state index contributed by atoms with van der Waals surface area (Å²) in [7, 11) is -2.91. The first kappa shape index (κ1) is 24.7. The second-order valence-electron chi connectivity index (χ2n) is 12.1. The van der Waals surface area contributed by atoms with Crippen molar-refractivity contribution in [3.05, 3.63) is 135 Å². The summed E-state index contributed by atoms with van der Waals surface area (Å²) >= 11 is -0.142. The number of hydrogen-bond donors (Lipinski definition) is 0. The molecule has 0 aliphatic carbocycles. The van der Waals surface area contributed by atoms with Crippen molar-refractivity contribution in [3.63, 3.8) is 0 Å². The Morgan fingerprint density at radius 1 is 1.02 bits per heavy atom. The van der Waals surface area contributed by atoms with E-state index in [-0.39, 0.29) is 43.3 Å². The van der Waals surface area contributed by atoms with Crippen LogP contribution in [0.5, 0.6) is 0 Å². The molecule has 0 atom stereocenters. The van der Waals surface area contributed by atoms with Gasteiger partial charge in [0.05, 0.1) is 35.0 Å². The van der Waals surface area contributed by atoms with E-state index in [0.717, 1.165) is 29.2 Å². The van der Waals surface area contributed by atoms with Crippen LogP contribution in [0.2, 0.25) is 0 Å². The van der Waals surface area contributed by atoms with E-state index in [1.165, 1.54) is 36.1 Å². The van der Waals surface area contributed by atoms with Crippen molar-refractivity contribution in [2.24, 2.45) is 0 Å². The number of carbonyl (C=O) groups excluding carboxylic acids is 1. The molecular weight excluding hydrogens is 710 g/mol. The fraction of sp³-hybridized carbons (Fsp3) is 0.317. The van der Waals surface area contributed by atoms with Crippen LogP contribution in [0.3, 0.4) is 0 Å². The summed E-state index contributed by atoms with van der Waals surface area (Å²) in [4.78, 5) is 31.5. The van der Waals surface area contributed by atoms with E-state index in [1.807, 2.05) is 0 Å². The largest absolute Gasteiger partial charge is 0.416 e. The number of likely N-dealkylation sites (tertiary alicyclic amines) is 1. The lowest BCUT2D eigenvalue weighted by Gasteiger charge is -2.39. The van der Waals surface area contributed by atoms with Crippen molar-refractivity contribution in [2.75, 3.05) is 33.2 Å². The zero-order valence-corrected chi connectivity index (χ0v) is 28.9. The van der Waals surface area contributed by atoms with Crippen LogP contribution < -0.4 is 5.43 Å². The number of pyridine rings is 1. The molecule has 0 N–H and O–H groups in total. The zero-order valence-electron chi connectivity index (χ0n) is 41.0. The highest BCUT2D eigenvalue weighted by molar-refractivity contribution is 7.98. The van der Waals surface area contributed by atoms with Gasteiger partial charge in [0.25, 0.3) is 0 Å². The Balaban J connectivity index is 1.49. The van der Waals surface area contributed by atoms with Gasteiger partial charge in [-0.15, -0.1) is 11.8 Å². The van der Waals surface area contributed by atoms with E-state index >= 15 is 9.18 Å². The first-order chi connectivity index (χ1) is 30.5. The van der Waals surface area contributed by atoms with E-state index in [1.54, 1.807) is 12.1 Å². The Kier molecular flexibility index (Phi) is 7.77. The maximum absolute atomic E-state index is 15.2. The maximum Gasteiger partial charge on any atom is 0.416 e. The number of methoxy groups -OCH3 is 1. The van der Waals surface area contributed by atoms with Crippen LogP contribution in [0, 0.1) is 18.6 Å². The van der Waals surface area contributed by atoms with Crippen LogP contribution in [0.15, 0.2) is 101 Å². The smallest absolute Gasteiger partial charge is 0.383 e. The van der Waals surface area contributed by atoms with Gasteiger partial charge in [-0.1, -0.05) is 60.1 Å². The number of benzene rings is 4. The van der Waals surface area contributed by atoms with Crippen molar-refractivity contribution in [2.45, 2.75) is 55.8 Å². The molecule has 0 spiro atoms. The van der Waals surface area contributed by atoms with Crippen LogP contribution >= 0.6 is 11.8 Å². The average Bonchev–Trinajstić information content (AvgIpc) is 3.25. The van der Waals surface area contributed by atoms with Gasteiger partial charge in [-0.2, -0.15) is 13.2 Å². The summed E-state index contributed by atoms with van der Waals surface area (Å²) < 4.78 is 185. The van der Waals surface area contributed by atoms with Crippen molar-refractivity contribution in [1.29, 1.82) is 0 Å². The number of aromatic nitrogens is 1. The lowest BCUT2D eigenvalue weighted by molar-refractivity contribution is -0.137. The standard InChI is InChI=1S/C41H40F5N3O3S/c1-27-6-15-36-34(22-27)37(50)23-39(53-26-31-4-3-5-35(42)40(31)43)49(36)25-38(51)48(33-16-18-47(19-17-33)20-21-52-2)24-28-7-9-29(10-8-28)30-11-13-32(14-12-30)41(44,45)46/h3-15,22-23,33H,16-21,24-26H2,1-2H3/i2D3,6D,15D,20D2,22D,23D,25D2,26D2. The van der Waals surface area contributed by atoms with Crippen LogP contribution in [0.1, 0.15) is 52.9 Å². The first-order valence-electron chi connectivity index (χ1n) is 22.7. The van der Waals surface area contributed by atoms with Crippen molar-refractivity contribution >= 4 is 28.6 Å². The number of ether oxygens (including phenoxy) is 1. The summed E-state index contributed by atoms with van der Waals surface area (Å²) in [5.74, 6) is -4.54. The number of thioether (sulfide) groups is 1. The number of carbonyl (C=O) groups is 1. The highest BCUT2D eigenvalue weighted by atomic mass is 32.2. The molecule has 4 aromatic carbocycles. The zero-order chi connectivity index (χ0) is 49.1. The van der Waals surface area contributed by atoms with Gasteiger partial charge in [-0.25, -0.2) is 8.78 Å². The fourth-order valence-corrected chi connectivity index (χ4v) is 6.58. The van der Waals surface area contributed by atoms with Gasteiger partial charge < -0.3 is 19.1 Å². The molecule has 278 valence electrons. The van der Waals surface area contributed by atoms with Crippen LogP contribution in [-0.2, 0) is 34.5 Å². The number of piperidine rings is 1. The summed E-state index contributed by atoms with van der Waals surface area (Å²) in [6.07, 6.45) is -4.70. The van der Waals surface area contributed by atoms with E-state index in [9.17, 15) is 25.1 Å². The molecule has 6 nitrogen and oxygen atoms in total. The Labute approximate surface area is 327 Å². The molecule has 5 aromatic rings. The SMILES string of the molecule is [2H]c1c(C)c([2H])c2c(=O)c([2H])c(SC([2H])([2H])c3cccc(F)c3F)n(C([2H])([2H])C(=O)N(Cc3ccc(-c4ccc(C(F)(F)F)cc4)cc3)C3CCN(C([2H])([2H])COC([2H])([2H])[2H])CC3)c2c1[2H]. The molecule has 1 aliphatic heterocycles. The van der Waals surface area contributed by atoms with E-state index in [0.29, 0.717) is 27.3 Å². The topological polar surface area (TPSA) is 54.8 Å². The van der Waals surface area contributed by atoms with Crippen molar-refractivity contribution in [1.82, 2.24) is 14.4 Å². The predicted octanol–water partition coefficient (Wildman–Crippen LogP) is 8.71. The maximum atomic E-state index is 15.2. The Hall–Kier alpha value is -4.52. The lowest BCUT2D eigenvalue weighted by Crippen LogP contribution is -2.48. The second kappa shape index (κ2) is 16.7. The van der Waals surface area contributed by atoms with Crippen molar-refractivity contribution < 1.29 is 49.3 Å². The van der Waals surface area contributed by atoms with E-state index in [4.69, 9.17) is 19.8 Å². The minimum Gasteiger partial charge on any atom is -0.383 e. The number of fused-ring (bicyclic) bond motifs is 1. The number of amides is 1. The minimum absolute atomic E-state index is 0.0625. The third kappa shape index (κ3) is 9.17. The van der Waals surface area contributed by atoms with Gasteiger partial charge in [0.2, 0.25) is 5.91 Å². The number of hydrogen-bond acceptors (Lipinski definition) is 5. The lowest BCUT2D eigenvalue weighted by atomic mass is 10.00. The molecule has 0 unspecified atom stereocenters. The van der Waals surface area contributed by atoms with E-state index in [2.05, 4.69) is 0 Å². The minimum atomic E-state index is -4.57. The molecule has 1 aliphatic rings. The van der Waals surface area contributed by atoms with Gasteiger partial charge in [-0.05, 0) is 66.7 Å². The van der Waals surface area contributed by atoms with Crippen LogP contribution in [0.25, 0.3) is 22.0 Å². The molecule has 0 radical (unpaired) electrons. The molecule has 1 fully saturated rings. The normalized spacial score (nSPS) is 18.8. The number of alkyl halides is 3. The van der Waals surface area contributed by atoms with Crippen LogP contribution in [0.4, 0.5) is 22.0 Å². The molecule has 1 saturated heterocycles. The molecule has 2 heterocycles. The molecule has 0 bridgehead atoms. The van der Waals surface area contributed by atoms with E-state index < -0.39 is 125 Å². The Morgan fingerprint density at radius 3 is 2.40 bits per heavy atom. The van der Waals surface area contributed by atoms with Crippen LogP contribution in [-0.4, -0.2) is 59.5 Å². The average molecular weight is 763 g/mol. The Morgan fingerprint density at radius 2 is 1.72 bits per heavy atom. The summed E-state index contributed by atoms with van der Waals surface area (Å²) in [6, 6.07) is 8.67. The van der Waals surface area contributed by atoms with Gasteiger partial charge in [0.1, 0.15) is 6.50 Å². The predicted molar refractivity (Wildman–Crippen MR) is 198 cm³/mol. The molecule has 12 heteroatoms. The number of nitrogens with zero attached hydrogens (tertiary/aromatic N) is 3. The molecule has 1 amide bonds. The molecule has 0 saturated carbocycles. The summed E-state index contributed by atoms with van der Waals surface area (Å²) in [5, 5.41) is -1.73. The third-order valence-corrected chi connectivity index (χ3v) is 9.39. The number of rotatable bonds is 12. The number of halogens is 5. The Bertz CT molecular complexity index is 2710. The highest BCUT2D eigenvalue weighted by Crippen LogP contribution is 2.32.